The van der Waals surface area contributed by atoms with Crippen molar-refractivity contribution in [1.82, 2.24) is 19.7 Å². The van der Waals surface area contributed by atoms with Gasteiger partial charge in [0.25, 0.3) is 0 Å². The number of thioether (sulfide) groups is 1. The van der Waals surface area contributed by atoms with Crippen LogP contribution in [0.5, 0.6) is 0 Å². The fourth-order valence-electron chi connectivity index (χ4n) is 2.71. The maximum atomic E-state index is 14.0. The SMILES string of the molecule is CCn1c(SCC(=O)Nc2ccc(C(C)C)cc2)nnc1-c1ncc(F)cc1F. The van der Waals surface area contributed by atoms with E-state index in [1.165, 1.54) is 17.3 Å². The summed E-state index contributed by atoms with van der Waals surface area (Å²) in [6.45, 7) is 6.50. The first-order valence-corrected chi connectivity index (χ1v) is 10.1. The lowest BCUT2D eigenvalue weighted by atomic mass is 10.0. The van der Waals surface area contributed by atoms with E-state index in [2.05, 4.69) is 34.3 Å². The van der Waals surface area contributed by atoms with E-state index < -0.39 is 11.6 Å². The van der Waals surface area contributed by atoms with Gasteiger partial charge in [0.2, 0.25) is 5.91 Å². The Bertz CT molecular complexity index is 1000. The summed E-state index contributed by atoms with van der Waals surface area (Å²) in [5, 5.41) is 11.3. The van der Waals surface area contributed by atoms with Gasteiger partial charge in [-0.1, -0.05) is 37.7 Å². The van der Waals surface area contributed by atoms with Gasteiger partial charge in [0.05, 0.1) is 11.9 Å². The number of rotatable bonds is 7. The van der Waals surface area contributed by atoms with Gasteiger partial charge >= 0.3 is 0 Å². The minimum absolute atomic E-state index is 0.0812. The molecule has 1 aromatic carbocycles. The molecule has 0 unspecified atom stereocenters. The van der Waals surface area contributed by atoms with Gasteiger partial charge in [0, 0.05) is 18.3 Å². The Morgan fingerprint density at radius 3 is 2.55 bits per heavy atom. The normalized spacial score (nSPS) is 11.1. The quantitative estimate of drug-likeness (QED) is 0.574. The molecule has 3 rings (SSSR count). The minimum Gasteiger partial charge on any atom is -0.325 e. The van der Waals surface area contributed by atoms with Crippen LogP contribution in [0.1, 0.15) is 32.3 Å². The number of nitrogens with one attached hydrogen (secondary N) is 1. The summed E-state index contributed by atoms with van der Waals surface area (Å²) in [4.78, 5) is 16.0. The topological polar surface area (TPSA) is 72.7 Å². The molecule has 2 heterocycles. The summed E-state index contributed by atoms with van der Waals surface area (Å²) in [5.41, 5.74) is 1.83. The number of pyridine rings is 1. The second kappa shape index (κ2) is 9.13. The number of hydrogen-bond acceptors (Lipinski definition) is 5. The average molecular weight is 417 g/mol. The summed E-state index contributed by atoms with van der Waals surface area (Å²) >= 11 is 1.18. The first kappa shape index (κ1) is 20.9. The van der Waals surface area contributed by atoms with E-state index in [1.54, 1.807) is 4.57 Å². The molecule has 0 aliphatic rings. The van der Waals surface area contributed by atoms with Crippen molar-refractivity contribution in [3.8, 4) is 11.5 Å². The Morgan fingerprint density at radius 1 is 1.21 bits per heavy atom. The molecule has 0 saturated carbocycles. The van der Waals surface area contributed by atoms with Crippen molar-refractivity contribution in [2.45, 2.75) is 38.4 Å². The van der Waals surface area contributed by atoms with Crippen molar-refractivity contribution in [2.24, 2.45) is 0 Å². The van der Waals surface area contributed by atoms with Gasteiger partial charge in [0.1, 0.15) is 11.5 Å². The maximum absolute atomic E-state index is 14.0. The molecule has 1 amide bonds. The molecule has 3 aromatic rings. The second-order valence-corrected chi connectivity index (χ2v) is 7.59. The lowest BCUT2D eigenvalue weighted by molar-refractivity contribution is -0.113. The molecular weight excluding hydrogens is 396 g/mol. The summed E-state index contributed by atoms with van der Waals surface area (Å²) in [6.07, 6.45) is 0.928. The van der Waals surface area contributed by atoms with Crippen LogP contribution in [0.25, 0.3) is 11.5 Å². The van der Waals surface area contributed by atoms with Crippen LogP contribution in [0, 0.1) is 11.6 Å². The van der Waals surface area contributed by atoms with E-state index in [-0.39, 0.29) is 23.2 Å². The van der Waals surface area contributed by atoms with Gasteiger partial charge in [0.15, 0.2) is 16.8 Å². The zero-order valence-electron chi connectivity index (χ0n) is 16.3. The number of nitrogens with zero attached hydrogens (tertiary/aromatic N) is 4. The number of anilines is 1. The predicted molar refractivity (Wildman–Crippen MR) is 109 cm³/mol. The number of aromatic nitrogens is 4. The highest BCUT2D eigenvalue weighted by atomic mass is 32.2. The molecule has 0 spiro atoms. The van der Waals surface area contributed by atoms with Crippen molar-refractivity contribution >= 4 is 23.4 Å². The molecule has 2 aromatic heterocycles. The van der Waals surface area contributed by atoms with Crippen molar-refractivity contribution in [2.75, 3.05) is 11.1 Å². The van der Waals surface area contributed by atoms with Gasteiger partial charge in [-0.05, 0) is 30.5 Å². The summed E-state index contributed by atoms with van der Waals surface area (Å²) in [6, 6.07) is 8.46. The molecule has 0 fully saturated rings. The lowest BCUT2D eigenvalue weighted by Gasteiger charge is -2.09. The average Bonchev–Trinajstić information content (AvgIpc) is 3.09. The number of benzene rings is 1. The number of amides is 1. The van der Waals surface area contributed by atoms with Crippen molar-refractivity contribution in [1.29, 1.82) is 0 Å². The fraction of sp³-hybridized carbons (Fsp3) is 0.300. The van der Waals surface area contributed by atoms with Crippen LogP contribution >= 0.6 is 11.8 Å². The zero-order valence-corrected chi connectivity index (χ0v) is 17.1. The third-order valence-corrected chi connectivity index (χ3v) is 5.21. The van der Waals surface area contributed by atoms with Crippen LogP contribution in [0.2, 0.25) is 0 Å². The maximum Gasteiger partial charge on any atom is 0.234 e. The molecular formula is C20H21F2N5OS. The molecule has 0 aliphatic carbocycles. The van der Waals surface area contributed by atoms with Gasteiger partial charge in [-0.3, -0.25) is 4.79 Å². The molecule has 0 saturated heterocycles. The Kier molecular flexibility index (Phi) is 6.58. The van der Waals surface area contributed by atoms with Crippen molar-refractivity contribution < 1.29 is 13.6 Å². The van der Waals surface area contributed by atoms with E-state index in [9.17, 15) is 13.6 Å². The van der Waals surface area contributed by atoms with E-state index >= 15 is 0 Å². The van der Waals surface area contributed by atoms with E-state index in [0.717, 1.165) is 18.0 Å². The summed E-state index contributed by atoms with van der Waals surface area (Å²) in [7, 11) is 0. The summed E-state index contributed by atoms with van der Waals surface area (Å²) in [5.74, 6) is -1.04. The molecule has 9 heteroatoms. The third kappa shape index (κ3) is 4.97. The van der Waals surface area contributed by atoms with Crippen LogP contribution in [-0.2, 0) is 11.3 Å². The Hall–Kier alpha value is -2.81. The van der Waals surface area contributed by atoms with E-state index in [4.69, 9.17) is 0 Å². The van der Waals surface area contributed by atoms with Crippen LogP contribution in [0.15, 0.2) is 41.7 Å². The lowest BCUT2D eigenvalue weighted by Crippen LogP contribution is -2.14. The van der Waals surface area contributed by atoms with Crippen LogP contribution in [0.3, 0.4) is 0 Å². The third-order valence-electron chi connectivity index (χ3n) is 4.25. The van der Waals surface area contributed by atoms with Gasteiger partial charge in [-0.15, -0.1) is 10.2 Å². The Labute approximate surface area is 171 Å². The van der Waals surface area contributed by atoms with E-state index in [0.29, 0.717) is 17.6 Å². The zero-order chi connectivity index (χ0) is 21.0. The molecule has 152 valence electrons. The number of hydrogen-bond donors (Lipinski definition) is 1. The molecule has 29 heavy (non-hydrogen) atoms. The van der Waals surface area contributed by atoms with Crippen molar-refractivity contribution in [3.05, 3.63) is 53.7 Å². The molecule has 0 atom stereocenters. The highest BCUT2D eigenvalue weighted by molar-refractivity contribution is 7.99. The molecule has 6 nitrogen and oxygen atoms in total. The largest absolute Gasteiger partial charge is 0.325 e. The number of carbonyl (C=O) groups excluding carboxylic acids is 1. The van der Waals surface area contributed by atoms with Gasteiger partial charge in [-0.25, -0.2) is 13.8 Å². The van der Waals surface area contributed by atoms with Gasteiger partial charge < -0.3 is 9.88 Å². The fourth-order valence-corrected chi connectivity index (χ4v) is 3.52. The van der Waals surface area contributed by atoms with Crippen LogP contribution in [-0.4, -0.2) is 31.4 Å². The molecule has 1 N–H and O–H groups in total. The smallest absolute Gasteiger partial charge is 0.234 e. The standard InChI is InChI=1S/C20H21F2N5OS/c1-4-27-19(18-16(22)9-14(21)10-23-18)25-26-20(27)29-11-17(28)24-15-7-5-13(6-8-15)12(2)3/h5-10,12H,4,11H2,1-3H3,(H,24,28). The van der Waals surface area contributed by atoms with Crippen LogP contribution < -0.4 is 5.32 Å². The Morgan fingerprint density at radius 2 is 1.93 bits per heavy atom. The van der Waals surface area contributed by atoms with E-state index in [1.807, 2.05) is 31.2 Å². The highest BCUT2D eigenvalue weighted by Gasteiger charge is 2.19. The minimum atomic E-state index is -0.814. The molecule has 0 radical (unpaired) electrons. The summed E-state index contributed by atoms with van der Waals surface area (Å²) < 4.78 is 28.8. The number of carbonyl (C=O) groups is 1. The second-order valence-electron chi connectivity index (χ2n) is 6.65. The van der Waals surface area contributed by atoms with Crippen LogP contribution in [0.4, 0.5) is 14.5 Å². The number of halogens is 2. The first-order chi connectivity index (χ1) is 13.9. The Balaban J connectivity index is 1.67. The van der Waals surface area contributed by atoms with Crippen molar-refractivity contribution in [3.63, 3.8) is 0 Å². The molecule has 0 bridgehead atoms. The highest BCUT2D eigenvalue weighted by Crippen LogP contribution is 2.25. The molecule has 0 aliphatic heterocycles. The van der Waals surface area contributed by atoms with Gasteiger partial charge in [-0.2, -0.15) is 0 Å². The first-order valence-electron chi connectivity index (χ1n) is 9.16. The monoisotopic (exact) mass is 417 g/mol. The predicted octanol–water partition coefficient (Wildman–Crippen LogP) is 4.49.